The van der Waals surface area contributed by atoms with Crippen LogP contribution in [-0.4, -0.2) is 35.5 Å². The van der Waals surface area contributed by atoms with Crippen molar-refractivity contribution >= 4 is 23.2 Å². The van der Waals surface area contributed by atoms with Gasteiger partial charge in [-0.15, -0.1) is 0 Å². The van der Waals surface area contributed by atoms with Gasteiger partial charge < -0.3 is 18.8 Å². The van der Waals surface area contributed by atoms with E-state index in [1.807, 2.05) is 16.8 Å². The SMILES string of the molecule is CCCCCOC[C@@H]1CO[C@@](Cn2ccnc2)(c2ccc(Cl)cc2Cl)O1. The molecule has 2 heterocycles. The highest BCUT2D eigenvalue weighted by molar-refractivity contribution is 6.35. The lowest BCUT2D eigenvalue weighted by molar-refractivity contribution is -0.191. The van der Waals surface area contributed by atoms with Gasteiger partial charge in [0.05, 0.1) is 31.1 Å². The zero-order chi connectivity index (χ0) is 18.4. The molecule has 0 aliphatic carbocycles. The van der Waals surface area contributed by atoms with Gasteiger partial charge in [0.25, 0.3) is 0 Å². The molecule has 142 valence electrons. The number of hydrogen-bond acceptors (Lipinski definition) is 4. The van der Waals surface area contributed by atoms with Crippen molar-refractivity contribution in [2.45, 2.75) is 44.6 Å². The monoisotopic (exact) mass is 398 g/mol. The molecular formula is C19H24Cl2N2O3. The molecule has 26 heavy (non-hydrogen) atoms. The molecule has 0 unspecified atom stereocenters. The van der Waals surface area contributed by atoms with Gasteiger partial charge >= 0.3 is 0 Å². The Kier molecular flexibility index (Phi) is 6.95. The van der Waals surface area contributed by atoms with E-state index >= 15 is 0 Å². The molecule has 1 aliphatic rings. The number of hydrogen-bond donors (Lipinski definition) is 0. The first-order valence-electron chi connectivity index (χ1n) is 8.94. The molecule has 5 nitrogen and oxygen atoms in total. The number of benzene rings is 1. The minimum atomic E-state index is -0.986. The van der Waals surface area contributed by atoms with E-state index in [-0.39, 0.29) is 6.10 Å². The Morgan fingerprint density at radius 2 is 2.23 bits per heavy atom. The standard InChI is InChI=1S/C19H24Cl2N2O3/c1-2-3-4-9-24-11-16-12-25-19(26-16,13-23-8-7-22-14-23)17-6-5-15(20)10-18(17)21/h5-8,10,14,16H,2-4,9,11-13H2,1H3/t16-,19-/m1/s1. The quantitative estimate of drug-likeness (QED) is 0.575. The summed E-state index contributed by atoms with van der Waals surface area (Å²) in [6.07, 6.45) is 8.59. The third-order valence-corrected chi connectivity index (χ3v) is 4.89. The van der Waals surface area contributed by atoms with Gasteiger partial charge in [0.2, 0.25) is 5.79 Å². The van der Waals surface area contributed by atoms with E-state index in [2.05, 4.69) is 11.9 Å². The first-order chi connectivity index (χ1) is 12.6. The van der Waals surface area contributed by atoms with Crippen LogP contribution in [0.3, 0.4) is 0 Å². The molecule has 2 aromatic rings. The number of ether oxygens (including phenoxy) is 3. The molecule has 1 fully saturated rings. The fraction of sp³-hybridized carbons (Fsp3) is 0.526. The summed E-state index contributed by atoms with van der Waals surface area (Å²) < 4.78 is 20.1. The lowest BCUT2D eigenvalue weighted by atomic mass is 10.1. The highest BCUT2D eigenvalue weighted by Gasteiger charge is 2.45. The second-order valence-electron chi connectivity index (χ2n) is 6.44. The number of rotatable bonds is 9. The predicted molar refractivity (Wildman–Crippen MR) is 102 cm³/mol. The summed E-state index contributed by atoms with van der Waals surface area (Å²) in [5, 5.41) is 1.09. The maximum absolute atomic E-state index is 6.45. The molecule has 1 saturated heterocycles. The van der Waals surface area contributed by atoms with E-state index in [1.165, 1.54) is 12.8 Å². The number of aromatic nitrogens is 2. The summed E-state index contributed by atoms with van der Waals surface area (Å²) in [6.45, 7) is 4.31. The molecule has 0 saturated carbocycles. The summed E-state index contributed by atoms with van der Waals surface area (Å²) in [4.78, 5) is 4.10. The van der Waals surface area contributed by atoms with E-state index in [0.717, 1.165) is 18.6 Å². The first kappa shape index (κ1) is 19.6. The van der Waals surface area contributed by atoms with Crippen LogP contribution in [0.5, 0.6) is 0 Å². The summed E-state index contributed by atoms with van der Waals surface area (Å²) in [5.74, 6) is -0.986. The second-order valence-corrected chi connectivity index (χ2v) is 7.29. The second kappa shape index (κ2) is 9.20. The third kappa shape index (κ3) is 4.78. The van der Waals surface area contributed by atoms with Crippen molar-refractivity contribution in [1.82, 2.24) is 9.55 Å². The van der Waals surface area contributed by atoms with Crippen LogP contribution in [0.1, 0.15) is 31.7 Å². The molecule has 0 spiro atoms. The molecule has 1 aromatic heterocycles. The lowest BCUT2D eigenvalue weighted by Crippen LogP contribution is -2.34. The first-order valence-corrected chi connectivity index (χ1v) is 9.69. The maximum Gasteiger partial charge on any atom is 0.215 e. The molecule has 2 atom stereocenters. The van der Waals surface area contributed by atoms with E-state index in [1.54, 1.807) is 24.7 Å². The smallest absolute Gasteiger partial charge is 0.215 e. The van der Waals surface area contributed by atoms with Crippen LogP contribution in [0, 0.1) is 0 Å². The minimum absolute atomic E-state index is 0.146. The Morgan fingerprint density at radius 1 is 1.35 bits per heavy atom. The molecule has 1 aliphatic heterocycles. The average Bonchev–Trinajstić information content (AvgIpc) is 3.26. The Labute approximate surface area is 164 Å². The van der Waals surface area contributed by atoms with E-state index in [4.69, 9.17) is 37.4 Å². The van der Waals surface area contributed by atoms with Crippen LogP contribution < -0.4 is 0 Å². The highest BCUT2D eigenvalue weighted by Crippen LogP contribution is 2.40. The molecule has 0 bridgehead atoms. The Bertz CT molecular complexity index is 696. The average molecular weight is 399 g/mol. The number of halogens is 2. The molecule has 3 rings (SSSR count). The minimum Gasteiger partial charge on any atom is -0.379 e. The van der Waals surface area contributed by atoms with Gasteiger partial charge in [0, 0.05) is 29.6 Å². The molecule has 1 aromatic carbocycles. The van der Waals surface area contributed by atoms with Gasteiger partial charge in [-0.3, -0.25) is 0 Å². The van der Waals surface area contributed by atoms with Crippen LogP contribution in [0.4, 0.5) is 0 Å². The van der Waals surface area contributed by atoms with Crippen molar-refractivity contribution in [2.24, 2.45) is 0 Å². The Balaban J connectivity index is 1.73. The van der Waals surface area contributed by atoms with Gasteiger partial charge in [0.15, 0.2) is 0 Å². The van der Waals surface area contributed by atoms with E-state index in [0.29, 0.717) is 29.8 Å². The molecule has 7 heteroatoms. The number of imidazole rings is 1. The predicted octanol–water partition coefficient (Wildman–Crippen LogP) is 4.67. The number of nitrogens with zero attached hydrogens (tertiary/aromatic N) is 2. The lowest BCUT2D eigenvalue weighted by Gasteiger charge is -2.30. The molecule has 0 radical (unpaired) electrons. The normalized spacial score (nSPS) is 22.8. The van der Waals surface area contributed by atoms with Gasteiger partial charge in [-0.25, -0.2) is 4.98 Å². The van der Waals surface area contributed by atoms with Gasteiger partial charge in [0.1, 0.15) is 6.10 Å². The van der Waals surface area contributed by atoms with Crippen LogP contribution in [0.25, 0.3) is 0 Å². The fourth-order valence-electron chi connectivity index (χ4n) is 3.04. The van der Waals surface area contributed by atoms with Crippen molar-refractivity contribution in [1.29, 1.82) is 0 Å². The number of unbranched alkanes of at least 4 members (excludes halogenated alkanes) is 2. The Hall–Kier alpha value is -1.11. The zero-order valence-electron chi connectivity index (χ0n) is 14.9. The topological polar surface area (TPSA) is 45.5 Å². The summed E-state index contributed by atoms with van der Waals surface area (Å²) in [6, 6.07) is 5.35. The van der Waals surface area contributed by atoms with Gasteiger partial charge in [-0.05, 0) is 18.6 Å². The van der Waals surface area contributed by atoms with Crippen molar-refractivity contribution in [3.05, 3.63) is 52.5 Å². The van der Waals surface area contributed by atoms with Crippen molar-refractivity contribution < 1.29 is 14.2 Å². The summed E-state index contributed by atoms with van der Waals surface area (Å²) in [5.41, 5.74) is 0.755. The third-order valence-electron chi connectivity index (χ3n) is 4.35. The van der Waals surface area contributed by atoms with E-state index < -0.39 is 5.79 Å². The largest absolute Gasteiger partial charge is 0.379 e. The molecule has 0 amide bonds. The highest BCUT2D eigenvalue weighted by atomic mass is 35.5. The fourth-order valence-corrected chi connectivity index (χ4v) is 3.60. The van der Waals surface area contributed by atoms with Crippen molar-refractivity contribution in [3.63, 3.8) is 0 Å². The van der Waals surface area contributed by atoms with Gasteiger partial charge in [-0.2, -0.15) is 0 Å². The van der Waals surface area contributed by atoms with Crippen LogP contribution >= 0.6 is 23.2 Å². The van der Waals surface area contributed by atoms with E-state index in [9.17, 15) is 0 Å². The summed E-state index contributed by atoms with van der Waals surface area (Å²) in [7, 11) is 0. The van der Waals surface area contributed by atoms with Crippen LogP contribution in [0.2, 0.25) is 10.0 Å². The zero-order valence-corrected chi connectivity index (χ0v) is 16.4. The molecule has 0 N–H and O–H groups in total. The Morgan fingerprint density at radius 3 is 2.96 bits per heavy atom. The maximum atomic E-state index is 6.45. The van der Waals surface area contributed by atoms with Crippen LogP contribution in [0.15, 0.2) is 36.9 Å². The summed E-state index contributed by atoms with van der Waals surface area (Å²) >= 11 is 12.5. The van der Waals surface area contributed by atoms with Gasteiger partial charge in [-0.1, -0.05) is 49.0 Å². The molecular weight excluding hydrogens is 375 g/mol. The van der Waals surface area contributed by atoms with Crippen LogP contribution in [-0.2, 0) is 26.5 Å². The van der Waals surface area contributed by atoms with Crippen molar-refractivity contribution in [3.8, 4) is 0 Å². The van der Waals surface area contributed by atoms with Crippen molar-refractivity contribution in [2.75, 3.05) is 19.8 Å².